The van der Waals surface area contributed by atoms with Crippen LogP contribution in [0.5, 0.6) is 0 Å². The Kier molecular flexibility index (Phi) is 14.0. The predicted molar refractivity (Wildman–Crippen MR) is 110 cm³/mol. The second kappa shape index (κ2) is 15.1. The first kappa shape index (κ1) is 24.1. The minimum Gasteiger partial charge on any atom is -0.394 e. The van der Waals surface area contributed by atoms with Crippen molar-refractivity contribution in [1.29, 1.82) is 0 Å². The normalized spacial score (nSPS) is 25.3. The second-order valence-electron chi connectivity index (χ2n) is 8.22. The molecule has 0 aliphatic carbocycles. The molecule has 1 rings (SSSR count). The summed E-state index contributed by atoms with van der Waals surface area (Å²) in [7, 11) is -2.85. The summed E-state index contributed by atoms with van der Waals surface area (Å²) < 4.78 is 13.3. The molecule has 3 N–H and O–H groups in total. The zero-order chi connectivity index (χ0) is 19.1. The molecular weight excluding hydrogens is 347 g/mol. The molecule has 1 fully saturated rings. The van der Waals surface area contributed by atoms with Crippen LogP contribution in [0.4, 0.5) is 0 Å². The molecule has 26 heavy (non-hydrogen) atoms. The molecule has 1 heterocycles. The van der Waals surface area contributed by atoms with Crippen molar-refractivity contribution in [3.8, 4) is 0 Å². The second-order valence-corrected chi connectivity index (χ2v) is 11.5. The topological polar surface area (TPSA) is 77.8 Å². The molecule has 0 aromatic rings. The minimum absolute atomic E-state index is 0.505. The Bertz CT molecular complexity index is 351. The van der Waals surface area contributed by atoms with Crippen LogP contribution in [0.3, 0.4) is 0 Å². The van der Waals surface area contributed by atoms with Crippen LogP contribution in [0.15, 0.2) is 0 Å². The van der Waals surface area contributed by atoms with E-state index in [1.54, 1.807) is 0 Å². The average Bonchev–Trinajstić information content (AvgIpc) is 2.65. The van der Waals surface area contributed by atoms with Gasteiger partial charge < -0.3 is 19.9 Å². The summed E-state index contributed by atoms with van der Waals surface area (Å²) in [5.41, 5.74) is 0. The van der Waals surface area contributed by atoms with Crippen molar-refractivity contribution in [3.63, 3.8) is 0 Å². The Morgan fingerprint density at radius 1 is 0.577 bits per heavy atom. The van der Waals surface area contributed by atoms with E-state index >= 15 is 0 Å². The quantitative estimate of drug-likeness (QED) is 0.573. The van der Waals surface area contributed by atoms with Crippen LogP contribution in [-0.2, 0) is 4.57 Å². The number of rotatable bonds is 3. The highest BCUT2D eigenvalue weighted by Gasteiger charge is 2.35. The van der Waals surface area contributed by atoms with Crippen LogP contribution in [0.2, 0.25) is 0 Å². The van der Waals surface area contributed by atoms with E-state index in [2.05, 4.69) is 0 Å². The lowest BCUT2D eigenvalue weighted by Crippen LogP contribution is -2.31. The van der Waals surface area contributed by atoms with E-state index in [9.17, 15) is 14.8 Å². The molecule has 1 aliphatic rings. The Balaban J connectivity index is 2.50. The average molecular weight is 391 g/mol. The molecule has 2 atom stereocenters. The van der Waals surface area contributed by atoms with Gasteiger partial charge in [0.2, 0.25) is 0 Å². The molecule has 0 bridgehead atoms. The van der Waals surface area contributed by atoms with Crippen molar-refractivity contribution in [2.75, 3.05) is 18.9 Å². The highest BCUT2D eigenvalue weighted by Crippen LogP contribution is 2.52. The third-order valence-corrected chi connectivity index (χ3v) is 9.29. The molecule has 1 aliphatic heterocycles. The van der Waals surface area contributed by atoms with E-state index in [0.717, 1.165) is 25.7 Å². The van der Waals surface area contributed by atoms with Gasteiger partial charge in [0.1, 0.15) is 19.1 Å². The van der Waals surface area contributed by atoms with E-state index in [0.29, 0.717) is 12.3 Å². The first-order chi connectivity index (χ1) is 12.6. The van der Waals surface area contributed by atoms with Gasteiger partial charge in [0.25, 0.3) is 0 Å². The summed E-state index contributed by atoms with van der Waals surface area (Å²) >= 11 is 0. The Hall–Kier alpha value is 0.110. The number of aliphatic hydroxyl groups is 3. The Morgan fingerprint density at radius 2 is 0.846 bits per heavy atom. The highest BCUT2D eigenvalue weighted by atomic mass is 31.2. The Labute approximate surface area is 161 Å². The van der Waals surface area contributed by atoms with Crippen molar-refractivity contribution in [2.24, 2.45) is 0 Å². The SMILES string of the molecule is O=P1(C(O)C(O)CO)CCCCCCCCCCCCCCCCCC1. The first-order valence-corrected chi connectivity index (χ1v) is 13.3. The number of hydrogen-bond donors (Lipinski definition) is 3. The summed E-state index contributed by atoms with van der Waals surface area (Å²) in [6, 6.07) is 0. The largest absolute Gasteiger partial charge is 0.394 e. The molecule has 156 valence electrons. The van der Waals surface area contributed by atoms with Crippen LogP contribution >= 0.6 is 7.14 Å². The minimum atomic E-state index is -2.85. The van der Waals surface area contributed by atoms with Crippen LogP contribution in [0, 0.1) is 0 Å². The lowest BCUT2D eigenvalue weighted by atomic mass is 10.0. The Morgan fingerprint density at radius 3 is 1.12 bits per heavy atom. The fourth-order valence-electron chi connectivity index (χ4n) is 4.02. The standard InChI is InChI=1S/C21H43O4P/c22-19-20(23)21(24)26(25)17-15-13-11-9-7-5-3-1-2-4-6-8-10-12-14-16-18-26/h20-24H,1-19H2. The molecule has 1 saturated heterocycles. The lowest BCUT2D eigenvalue weighted by molar-refractivity contribution is 0.0228. The van der Waals surface area contributed by atoms with E-state index in [4.69, 9.17) is 5.11 Å². The third kappa shape index (κ3) is 10.4. The van der Waals surface area contributed by atoms with Gasteiger partial charge in [0.05, 0.1) is 6.61 Å². The van der Waals surface area contributed by atoms with Gasteiger partial charge in [0, 0.05) is 12.3 Å². The van der Waals surface area contributed by atoms with Crippen molar-refractivity contribution in [3.05, 3.63) is 0 Å². The first-order valence-electron chi connectivity index (χ1n) is 11.1. The molecular formula is C21H43O4P. The van der Waals surface area contributed by atoms with Crippen molar-refractivity contribution < 1.29 is 19.9 Å². The summed E-state index contributed by atoms with van der Waals surface area (Å²) in [5.74, 6) is -1.26. The van der Waals surface area contributed by atoms with Gasteiger partial charge in [-0.15, -0.1) is 0 Å². The molecule has 0 amide bonds. The fraction of sp³-hybridized carbons (Fsp3) is 1.00. The van der Waals surface area contributed by atoms with Crippen LogP contribution < -0.4 is 0 Å². The van der Waals surface area contributed by atoms with E-state index in [-0.39, 0.29) is 0 Å². The van der Waals surface area contributed by atoms with Gasteiger partial charge in [-0.3, -0.25) is 0 Å². The van der Waals surface area contributed by atoms with Crippen LogP contribution in [0.25, 0.3) is 0 Å². The van der Waals surface area contributed by atoms with Gasteiger partial charge in [0.15, 0.2) is 0 Å². The maximum Gasteiger partial charge on any atom is 0.135 e. The van der Waals surface area contributed by atoms with E-state index < -0.39 is 25.7 Å². The molecule has 0 radical (unpaired) electrons. The van der Waals surface area contributed by atoms with E-state index in [1.807, 2.05) is 0 Å². The molecule has 5 heteroatoms. The van der Waals surface area contributed by atoms with Gasteiger partial charge in [-0.25, -0.2) is 0 Å². The van der Waals surface area contributed by atoms with Gasteiger partial charge >= 0.3 is 0 Å². The lowest BCUT2D eigenvalue weighted by Gasteiger charge is -2.27. The smallest absolute Gasteiger partial charge is 0.135 e. The maximum absolute atomic E-state index is 13.3. The van der Waals surface area contributed by atoms with Gasteiger partial charge in [-0.05, 0) is 12.8 Å². The predicted octanol–water partition coefficient (Wildman–Crippen LogP) is 5.28. The number of hydrogen-bond acceptors (Lipinski definition) is 4. The molecule has 0 spiro atoms. The summed E-state index contributed by atoms with van der Waals surface area (Å²) in [5, 5.41) is 29.2. The summed E-state index contributed by atoms with van der Waals surface area (Å²) in [4.78, 5) is 0. The molecule has 2 unspecified atom stereocenters. The summed E-state index contributed by atoms with van der Waals surface area (Å²) in [6.07, 6.45) is 19.1. The van der Waals surface area contributed by atoms with Gasteiger partial charge in [-0.2, -0.15) is 0 Å². The summed E-state index contributed by atoms with van der Waals surface area (Å²) in [6.45, 7) is -0.523. The fourth-order valence-corrected chi connectivity index (χ4v) is 7.01. The molecule has 0 saturated carbocycles. The zero-order valence-corrected chi connectivity index (χ0v) is 17.7. The van der Waals surface area contributed by atoms with Gasteiger partial charge in [-0.1, -0.05) is 89.9 Å². The molecule has 0 aromatic carbocycles. The van der Waals surface area contributed by atoms with E-state index in [1.165, 1.54) is 77.0 Å². The van der Waals surface area contributed by atoms with Crippen LogP contribution in [-0.4, -0.2) is 46.2 Å². The zero-order valence-electron chi connectivity index (χ0n) is 16.8. The monoisotopic (exact) mass is 390 g/mol. The van der Waals surface area contributed by atoms with Crippen molar-refractivity contribution in [1.82, 2.24) is 0 Å². The third-order valence-electron chi connectivity index (χ3n) is 5.84. The van der Waals surface area contributed by atoms with Crippen LogP contribution in [0.1, 0.15) is 103 Å². The maximum atomic E-state index is 13.3. The van der Waals surface area contributed by atoms with Crippen molar-refractivity contribution in [2.45, 2.75) is 115 Å². The highest BCUT2D eigenvalue weighted by molar-refractivity contribution is 7.64. The molecule has 4 nitrogen and oxygen atoms in total. The number of aliphatic hydroxyl groups excluding tert-OH is 3. The van der Waals surface area contributed by atoms with Crippen molar-refractivity contribution >= 4 is 7.14 Å². The molecule has 0 aromatic heterocycles.